The van der Waals surface area contributed by atoms with Crippen molar-refractivity contribution in [3.8, 4) is 0 Å². The molecule has 4 atom stereocenters. The molecule has 1 aliphatic carbocycles. The van der Waals surface area contributed by atoms with Crippen LogP contribution >= 0.6 is 0 Å². The molecule has 1 heteroatoms. The molecule has 0 amide bonds. The zero-order valence-electron chi connectivity index (χ0n) is 12.7. The van der Waals surface area contributed by atoms with Gasteiger partial charge in [0.1, 0.15) is 0 Å². The van der Waals surface area contributed by atoms with Gasteiger partial charge in [-0.25, -0.2) is 0 Å². The topological polar surface area (TPSA) is 20.2 Å². The van der Waals surface area contributed by atoms with Gasteiger partial charge in [0.2, 0.25) is 0 Å². The lowest BCUT2D eigenvalue weighted by Gasteiger charge is -2.45. The lowest BCUT2D eigenvalue weighted by Crippen LogP contribution is -2.43. The molecule has 4 unspecified atom stereocenters. The molecule has 0 aromatic carbocycles. The third-order valence-electron chi connectivity index (χ3n) is 4.58. The molecule has 0 radical (unpaired) electrons. The van der Waals surface area contributed by atoms with Crippen molar-refractivity contribution in [2.75, 3.05) is 0 Å². The van der Waals surface area contributed by atoms with Gasteiger partial charge in [-0.2, -0.15) is 0 Å². The lowest BCUT2D eigenvalue weighted by atomic mass is 9.62. The van der Waals surface area contributed by atoms with Crippen LogP contribution in [0.2, 0.25) is 0 Å². The summed E-state index contributed by atoms with van der Waals surface area (Å²) in [5.74, 6) is 2.53. The van der Waals surface area contributed by atoms with Crippen molar-refractivity contribution in [1.82, 2.24) is 0 Å². The van der Waals surface area contributed by atoms with Crippen molar-refractivity contribution >= 4 is 0 Å². The second-order valence-corrected chi connectivity index (χ2v) is 7.60. The maximum absolute atomic E-state index is 10.6. The fourth-order valence-corrected chi connectivity index (χ4v) is 3.53. The van der Waals surface area contributed by atoms with Crippen molar-refractivity contribution in [3.05, 3.63) is 0 Å². The molecule has 1 nitrogen and oxygen atoms in total. The van der Waals surface area contributed by atoms with Crippen LogP contribution in [0.3, 0.4) is 0 Å². The van der Waals surface area contributed by atoms with E-state index >= 15 is 0 Å². The molecule has 0 saturated heterocycles. The highest BCUT2D eigenvalue weighted by Crippen LogP contribution is 2.45. The first-order chi connectivity index (χ1) is 7.75. The predicted molar refractivity (Wildman–Crippen MR) is 74.9 cm³/mol. The quantitative estimate of drug-likeness (QED) is 0.770. The van der Waals surface area contributed by atoms with Gasteiger partial charge in [0, 0.05) is 0 Å². The van der Waals surface area contributed by atoms with Crippen LogP contribution in [0.15, 0.2) is 0 Å². The summed E-state index contributed by atoms with van der Waals surface area (Å²) in [7, 11) is 0. The Labute approximate surface area is 108 Å². The van der Waals surface area contributed by atoms with E-state index < -0.39 is 0 Å². The first kappa shape index (κ1) is 15.0. The number of hydrogen-bond donors (Lipinski definition) is 1. The van der Waals surface area contributed by atoms with E-state index in [4.69, 9.17) is 0 Å². The minimum atomic E-state index is -0.0831. The summed E-state index contributed by atoms with van der Waals surface area (Å²) in [6.07, 6.45) is 4.83. The highest BCUT2D eigenvalue weighted by molar-refractivity contribution is 4.91. The average Bonchev–Trinajstić information content (AvgIpc) is 2.18. The molecule has 0 spiro atoms. The predicted octanol–water partition coefficient (Wildman–Crippen LogP) is 4.49. The van der Waals surface area contributed by atoms with E-state index in [0.29, 0.717) is 17.8 Å². The third kappa shape index (κ3) is 3.98. The molecular weight excluding hydrogens is 208 g/mol. The summed E-state index contributed by atoms with van der Waals surface area (Å²) in [6, 6.07) is 0. The Hall–Kier alpha value is -0.0400. The number of rotatable bonds is 3. The first-order valence-corrected chi connectivity index (χ1v) is 7.43. The standard InChI is InChI=1S/C16H32O/c1-7-12-9-13(8-11(2)3)15(17)14(10-12)16(4,5)6/h11-15,17H,7-10H2,1-6H3. The minimum Gasteiger partial charge on any atom is -0.393 e. The molecule has 0 aromatic rings. The lowest BCUT2D eigenvalue weighted by molar-refractivity contribution is -0.0554. The third-order valence-corrected chi connectivity index (χ3v) is 4.58. The van der Waals surface area contributed by atoms with Crippen molar-refractivity contribution in [3.63, 3.8) is 0 Å². The molecule has 0 heterocycles. The fraction of sp³-hybridized carbons (Fsp3) is 1.00. The summed E-state index contributed by atoms with van der Waals surface area (Å²) in [5, 5.41) is 10.6. The van der Waals surface area contributed by atoms with Gasteiger partial charge < -0.3 is 5.11 Å². The van der Waals surface area contributed by atoms with Crippen molar-refractivity contribution in [2.45, 2.75) is 73.3 Å². The van der Waals surface area contributed by atoms with Gasteiger partial charge in [0.05, 0.1) is 6.10 Å². The maximum atomic E-state index is 10.6. The van der Waals surface area contributed by atoms with E-state index in [-0.39, 0.29) is 11.5 Å². The van der Waals surface area contributed by atoms with Crippen LogP contribution < -0.4 is 0 Å². The number of aliphatic hydroxyl groups is 1. The van der Waals surface area contributed by atoms with E-state index in [1.54, 1.807) is 0 Å². The van der Waals surface area contributed by atoms with Gasteiger partial charge >= 0.3 is 0 Å². The molecule has 1 saturated carbocycles. The number of hydrogen-bond acceptors (Lipinski definition) is 1. The monoisotopic (exact) mass is 240 g/mol. The Bertz CT molecular complexity index is 226. The van der Waals surface area contributed by atoms with Crippen molar-refractivity contribution in [1.29, 1.82) is 0 Å². The molecular formula is C16H32O. The molecule has 1 rings (SSSR count). The summed E-state index contributed by atoms with van der Waals surface area (Å²) >= 11 is 0. The summed E-state index contributed by atoms with van der Waals surface area (Å²) in [6.45, 7) is 13.7. The summed E-state index contributed by atoms with van der Waals surface area (Å²) in [4.78, 5) is 0. The van der Waals surface area contributed by atoms with Gasteiger partial charge in [0.15, 0.2) is 0 Å². The van der Waals surface area contributed by atoms with Crippen molar-refractivity contribution < 1.29 is 5.11 Å². The van der Waals surface area contributed by atoms with E-state index in [1.807, 2.05) is 0 Å². The summed E-state index contributed by atoms with van der Waals surface area (Å²) in [5.41, 5.74) is 0.239. The van der Waals surface area contributed by atoms with Gasteiger partial charge in [-0.15, -0.1) is 0 Å². The van der Waals surface area contributed by atoms with Gasteiger partial charge in [-0.05, 0) is 48.3 Å². The maximum Gasteiger partial charge on any atom is 0.0601 e. The Morgan fingerprint density at radius 3 is 2.18 bits per heavy atom. The molecule has 0 bridgehead atoms. The van der Waals surface area contributed by atoms with Crippen LogP contribution in [0.5, 0.6) is 0 Å². The van der Waals surface area contributed by atoms with E-state index in [2.05, 4.69) is 41.5 Å². The smallest absolute Gasteiger partial charge is 0.0601 e. The average molecular weight is 240 g/mol. The fourth-order valence-electron chi connectivity index (χ4n) is 3.53. The molecule has 17 heavy (non-hydrogen) atoms. The zero-order valence-corrected chi connectivity index (χ0v) is 12.7. The van der Waals surface area contributed by atoms with Crippen LogP contribution in [0.1, 0.15) is 67.2 Å². The Kier molecular flexibility index (Phi) is 5.07. The second-order valence-electron chi connectivity index (χ2n) is 7.60. The molecule has 0 aromatic heterocycles. The van der Waals surface area contributed by atoms with E-state index in [9.17, 15) is 5.11 Å². The Morgan fingerprint density at radius 1 is 1.18 bits per heavy atom. The van der Waals surface area contributed by atoms with Crippen LogP contribution in [-0.4, -0.2) is 11.2 Å². The van der Waals surface area contributed by atoms with Gasteiger partial charge in [-0.1, -0.05) is 48.0 Å². The Morgan fingerprint density at radius 2 is 1.76 bits per heavy atom. The molecule has 0 aliphatic heterocycles. The molecule has 1 N–H and O–H groups in total. The van der Waals surface area contributed by atoms with Crippen molar-refractivity contribution in [2.24, 2.45) is 29.1 Å². The Balaban J connectivity index is 2.78. The van der Waals surface area contributed by atoms with E-state index in [0.717, 1.165) is 5.92 Å². The first-order valence-electron chi connectivity index (χ1n) is 7.43. The largest absolute Gasteiger partial charge is 0.393 e. The summed E-state index contributed by atoms with van der Waals surface area (Å²) < 4.78 is 0. The van der Waals surface area contributed by atoms with E-state index in [1.165, 1.54) is 25.7 Å². The zero-order chi connectivity index (χ0) is 13.2. The highest BCUT2D eigenvalue weighted by atomic mass is 16.3. The second kappa shape index (κ2) is 5.73. The van der Waals surface area contributed by atoms with Crippen LogP contribution in [0, 0.1) is 29.1 Å². The molecule has 1 fully saturated rings. The van der Waals surface area contributed by atoms with Crippen LogP contribution in [-0.2, 0) is 0 Å². The highest BCUT2D eigenvalue weighted by Gasteiger charge is 2.41. The molecule has 1 aliphatic rings. The SMILES string of the molecule is CCC1CC(CC(C)C)C(O)C(C(C)(C)C)C1. The van der Waals surface area contributed by atoms with Gasteiger partial charge in [0.25, 0.3) is 0 Å². The molecule has 102 valence electrons. The van der Waals surface area contributed by atoms with Crippen LogP contribution in [0.4, 0.5) is 0 Å². The van der Waals surface area contributed by atoms with Crippen LogP contribution in [0.25, 0.3) is 0 Å². The normalized spacial score (nSPS) is 35.3. The number of aliphatic hydroxyl groups excluding tert-OH is 1. The minimum absolute atomic E-state index is 0.0831. The van der Waals surface area contributed by atoms with Gasteiger partial charge in [-0.3, -0.25) is 0 Å².